The maximum atomic E-state index is 14.0. The molecule has 0 spiro atoms. The first-order valence-electron chi connectivity index (χ1n) is 6.56. The average molecular weight is 263 g/mol. The van der Waals surface area contributed by atoms with E-state index in [2.05, 4.69) is 5.32 Å². The molecule has 1 aromatic carbocycles. The van der Waals surface area contributed by atoms with Crippen molar-refractivity contribution in [3.8, 4) is 6.07 Å². The van der Waals surface area contributed by atoms with E-state index in [0.717, 1.165) is 31.5 Å². The summed E-state index contributed by atoms with van der Waals surface area (Å²) >= 11 is 0. The summed E-state index contributed by atoms with van der Waals surface area (Å²) in [5.74, 6) is -0.825. The largest absolute Gasteiger partial charge is 0.365 e. The monoisotopic (exact) mass is 263 g/mol. The van der Waals surface area contributed by atoms with E-state index in [4.69, 9.17) is 5.26 Å². The number of nitrogens with zero attached hydrogens (tertiary/aromatic N) is 2. The lowest BCUT2D eigenvalue weighted by Gasteiger charge is -2.24. The van der Waals surface area contributed by atoms with E-state index in [1.165, 1.54) is 0 Å². The minimum Gasteiger partial charge on any atom is -0.365 e. The van der Waals surface area contributed by atoms with Crippen LogP contribution in [0.25, 0.3) is 0 Å². The Kier molecular flexibility index (Phi) is 3.11. The van der Waals surface area contributed by atoms with Crippen molar-refractivity contribution in [1.82, 2.24) is 5.32 Å². The van der Waals surface area contributed by atoms with Crippen LogP contribution in [0, 0.1) is 28.9 Å². The van der Waals surface area contributed by atoms with Gasteiger partial charge in [-0.3, -0.25) is 0 Å². The zero-order chi connectivity index (χ0) is 13.4. The highest BCUT2D eigenvalue weighted by Crippen LogP contribution is 2.32. The van der Waals surface area contributed by atoms with E-state index in [-0.39, 0.29) is 11.3 Å². The number of hydrogen-bond acceptors (Lipinski definition) is 3. The number of halogens is 2. The zero-order valence-electron chi connectivity index (χ0n) is 10.5. The average Bonchev–Trinajstić information content (AvgIpc) is 2.80. The lowest BCUT2D eigenvalue weighted by atomic mass is 9.94. The number of benzene rings is 1. The van der Waals surface area contributed by atoms with Crippen molar-refractivity contribution in [2.75, 3.05) is 24.5 Å². The third kappa shape index (κ3) is 2.17. The summed E-state index contributed by atoms with van der Waals surface area (Å²) in [4.78, 5) is 1.76. The number of piperidine rings is 1. The fraction of sp³-hybridized carbons (Fsp3) is 0.500. The summed E-state index contributed by atoms with van der Waals surface area (Å²) < 4.78 is 27.9. The summed E-state index contributed by atoms with van der Waals surface area (Å²) in [7, 11) is 0. The van der Waals surface area contributed by atoms with Gasteiger partial charge in [0.05, 0.1) is 11.6 Å². The predicted octanol–water partition coefficient (Wildman–Crippen LogP) is 2.02. The molecule has 3 nitrogen and oxygen atoms in total. The Morgan fingerprint density at radius 2 is 2.00 bits per heavy atom. The van der Waals surface area contributed by atoms with Crippen molar-refractivity contribution in [3.05, 3.63) is 29.3 Å². The molecule has 3 rings (SSSR count). The molecule has 1 N–H and O–H groups in total. The summed E-state index contributed by atoms with van der Waals surface area (Å²) in [6.45, 7) is 2.29. The molecule has 2 aliphatic rings. The fourth-order valence-corrected chi connectivity index (χ4v) is 3.16. The van der Waals surface area contributed by atoms with Gasteiger partial charge in [-0.1, -0.05) is 0 Å². The zero-order valence-corrected chi connectivity index (χ0v) is 10.5. The topological polar surface area (TPSA) is 39.1 Å². The van der Waals surface area contributed by atoms with Gasteiger partial charge in [-0.15, -0.1) is 0 Å². The second kappa shape index (κ2) is 4.78. The maximum absolute atomic E-state index is 14.0. The van der Waals surface area contributed by atoms with Crippen LogP contribution in [0.3, 0.4) is 0 Å². The third-order valence-corrected chi connectivity index (χ3v) is 4.06. The molecular formula is C14H15F2N3. The Balaban J connectivity index is 1.89. The summed E-state index contributed by atoms with van der Waals surface area (Å²) in [6.07, 6.45) is 2.22. The van der Waals surface area contributed by atoms with Gasteiger partial charge in [0.1, 0.15) is 5.69 Å². The quantitative estimate of drug-likeness (QED) is 0.842. The van der Waals surface area contributed by atoms with Gasteiger partial charge in [-0.2, -0.15) is 5.26 Å². The number of anilines is 1. The van der Waals surface area contributed by atoms with Gasteiger partial charge in [-0.25, -0.2) is 8.78 Å². The van der Waals surface area contributed by atoms with Gasteiger partial charge in [0.2, 0.25) is 0 Å². The van der Waals surface area contributed by atoms with Gasteiger partial charge < -0.3 is 10.2 Å². The molecule has 2 aliphatic heterocycles. The molecule has 2 fully saturated rings. The van der Waals surface area contributed by atoms with Crippen LogP contribution in [0.5, 0.6) is 0 Å². The highest BCUT2D eigenvalue weighted by Gasteiger charge is 2.36. The lowest BCUT2D eigenvalue weighted by molar-refractivity contribution is 0.340. The minimum absolute atomic E-state index is 0.00944. The number of hydrogen-bond donors (Lipinski definition) is 1. The van der Waals surface area contributed by atoms with Gasteiger partial charge in [0, 0.05) is 19.1 Å². The molecule has 0 radical (unpaired) electrons. The van der Waals surface area contributed by atoms with E-state index in [0.29, 0.717) is 25.0 Å². The van der Waals surface area contributed by atoms with Crippen molar-refractivity contribution in [3.63, 3.8) is 0 Å². The number of rotatable bonds is 1. The number of nitrogens with one attached hydrogen (secondary N) is 1. The Morgan fingerprint density at radius 1 is 1.26 bits per heavy atom. The molecule has 100 valence electrons. The molecule has 2 saturated heterocycles. The molecular weight excluding hydrogens is 248 g/mol. The first-order valence-corrected chi connectivity index (χ1v) is 6.56. The lowest BCUT2D eigenvalue weighted by Crippen LogP contribution is -2.40. The highest BCUT2D eigenvalue weighted by atomic mass is 19.1. The molecule has 19 heavy (non-hydrogen) atoms. The first kappa shape index (κ1) is 12.4. The van der Waals surface area contributed by atoms with E-state index < -0.39 is 11.6 Å². The van der Waals surface area contributed by atoms with E-state index in [1.54, 1.807) is 11.0 Å². The van der Waals surface area contributed by atoms with Gasteiger partial charge in [0.25, 0.3) is 0 Å². The Hall–Kier alpha value is -1.67. The van der Waals surface area contributed by atoms with E-state index in [9.17, 15) is 8.78 Å². The van der Waals surface area contributed by atoms with Crippen molar-refractivity contribution in [1.29, 1.82) is 5.26 Å². The smallest absolute Gasteiger partial charge is 0.150 e. The van der Waals surface area contributed by atoms with Crippen LogP contribution in [0.2, 0.25) is 0 Å². The fourth-order valence-electron chi connectivity index (χ4n) is 3.16. The van der Waals surface area contributed by atoms with E-state index in [1.807, 2.05) is 0 Å². The summed E-state index contributed by atoms with van der Waals surface area (Å²) in [5, 5.41) is 12.1. The number of nitriles is 1. The molecule has 2 heterocycles. The normalized spacial score (nSPS) is 26.1. The molecule has 2 atom stereocenters. The Labute approximate surface area is 110 Å². The second-order valence-corrected chi connectivity index (χ2v) is 5.27. The van der Waals surface area contributed by atoms with Gasteiger partial charge in [0.15, 0.2) is 11.6 Å². The third-order valence-electron chi connectivity index (χ3n) is 4.06. The standard InChI is InChI=1S/C14H15F2N3/c15-11-4-9(6-17)5-12(16)14(11)19-7-10-2-1-3-18-13(10)8-19/h4-5,10,13,18H,1-3,7-8H2/t10-,13+/m0/s1. The van der Waals surface area contributed by atoms with Gasteiger partial charge in [-0.05, 0) is 37.4 Å². The second-order valence-electron chi connectivity index (χ2n) is 5.27. The minimum atomic E-state index is -0.643. The van der Waals surface area contributed by atoms with Crippen molar-refractivity contribution in [2.45, 2.75) is 18.9 Å². The molecule has 0 bridgehead atoms. The maximum Gasteiger partial charge on any atom is 0.150 e. The van der Waals surface area contributed by atoms with Crippen LogP contribution < -0.4 is 10.2 Å². The summed E-state index contributed by atoms with van der Waals surface area (Å²) in [5.41, 5.74) is 0.0312. The first-order chi connectivity index (χ1) is 9.19. The Morgan fingerprint density at radius 3 is 2.63 bits per heavy atom. The number of fused-ring (bicyclic) bond motifs is 1. The Bertz CT molecular complexity index is 501. The molecule has 0 aliphatic carbocycles. The molecule has 0 aromatic heterocycles. The van der Waals surface area contributed by atoms with Crippen molar-refractivity contribution in [2.24, 2.45) is 5.92 Å². The van der Waals surface area contributed by atoms with Crippen molar-refractivity contribution >= 4 is 5.69 Å². The summed E-state index contributed by atoms with van der Waals surface area (Å²) in [6, 6.07) is 4.30. The SMILES string of the molecule is N#Cc1cc(F)c(N2C[C@@H]3CCCN[C@@H]3C2)c(F)c1. The molecule has 0 unspecified atom stereocenters. The molecule has 5 heteroatoms. The van der Waals surface area contributed by atoms with E-state index >= 15 is 0 Å². The van der Waals surface area contributed by atoms with Crippen molar-refractivity contribution < 1.29 is 8.78 Å². The highest BCUT2D eigenvalue weighted by molar-refractivity contribution is 5.53. The molecule has 0 saturated carbocycles. The van der Waals surface area contributed by atoms with Crippen LogP contribution in [0.4, 0.5) is 14.5 Å². The van der Waals surface area contributed by atoms with Crippen LogP contribution in [-0.4, -0.2) is 25.7 Å². The van der Waals surface area contributed by atoms with Crippen LogP contribution in [0.1, 0.15) is 18.4 Å². The van der Waals surface area contributed by atoms with Crippen LogP contribution in [0.15, 0.2) is 12.1 Å². The van der Waals surface area contributed by atoms with Gasteiger partial charge >= 0.3 is 0 Å². The van der Waals surface area contributed by atoms with Crippen LogP contribution in [-0.2, 0) is 0 Å². The predicted molar refractivity (Wildman–Crippen MR) is 67.8 cm³/mol. The molecule has 1 aromatic rings. The van der Waals surface area contributed by atoms with Crippen LogP contribution >= 0.6 is 0 Å². The molecule has 0 amide bonds.